The molecule has 1 atom stereocenters. The van der Waals surface area contributed by atoms with Crippen molar-refractivity contribution in [3.63, 3.8) is 0 Å². The number of nitrogens with zero attached hydrogens (tertiary/aromatic N) is 1. The average Bonchev–Trinajstić information content (AvgIpc) is 2.80. The number of hydrogen-bond acceptors (Lipinski definition) is 4. The Morgan fingerprint density at radius 2 is 1.79 bits per heavy atom. The molecule has 1 unspecified atom stereocenters. The first-order valence-electron chi connectivity index (χ1n) is 10.0. The Bertz CT molecular complexity index is 1230. The van der Waals surface area contributed by atoms with Gasteiger partial charge in [-0.3, -0.25) is 19.3 Å². The fraction of sp³-hybridized carbons (Fsp3) is 0.125. The van der Waals surface area contributed by atoms with Gasteiger partial charge >= 0.3 is 0 Å². The summed E-state index contributed by atoms with van der Waals surface area (Å²) >= 11 is 12.0. The quantitative estimate of drug-likeness (QED) is 0.534. The van der Waals surface area contributed by atoms with Crippen molar-refractivity contribution in [2.45, 2.75) is 13.0 Å². The molecule has 0 saturated carbocycles. The maximum absolute atomic E-state index is 13.0. The maximum atomic E-state index is 13.0. The Labute approximate surface area is 200 Å². The van der Waals surface area contributed by atoms with Crippen molar-refractivity contribution >= 4 is 58.0 Å². The standard InChI is InChI=1S/C24H19Cl2N3O4/c1-14(33-21-11-8-16(25)12-18(21)26)23(31)27-17-9-6-15(7-10-17)24(32)29-13-22(30)28-19-4-2-3-5-20(19)29/h2-12,14H,13H2,1H3,(H,27,31)(H,28,30). The lowest BCUT2D eigenvalue weighted by atomic mass is 10.1. The maximum Gasteiger partial charge on any atom is 0.265 e. The van der Waals surface area contributed by atoms with Crippen LogP contribution in [-0.4, -0.2) is 30.4 Å². The highest BCUT2D eigenvalue weighted by Crippen LogP contribution is 2.30. The molecule has 0 spiro atoms. The number of nitrogens with one attached hydrogen (secondary N) is 2. The van der Waals surface area contributed by atoms with Gasteiger partial charge in [0, 0.05) is 16.3 Å². The molecular formula is C24H19Cl2N3O4. The minimum absolute atomic E-state index is 0.0730. The molecule has 3 aromatic rings. The zero-order valence-electron chi connectivity index (χ0n) is 17.5. The van der Waals surface area contributed by atoms with Crippen LogP contribution >= 0.6 is 23.2 Å². The smallest absolute Gasteiger partial charge is 0.265 e. The Morgan fingerprint density at radius 1 is 1.06 bits per heavy atom. The molecule has 0 radical (unpaired) electrons. The van der Waals surface area contributed by atoms with Gasteiger partial charge in [-0.05, 0) is 61.5 Å². The summed E-state index contributed by atoms with van der Waals surface area (Å²) in [5.74, 6) is -0.623. The van der Waals surface area contributed by atoms with Crippen molar-refractivity contribution in [3.05, 3.63) is 82.3 Å². The minimum Gasteiger partial charge on any atom is -0.479 e. The monoisotopic (exact) mass is 483 g/mol. The molecule has 1 aliphatic rings. The van der Waals surface area contributed by atoms with Gasteiger partial charge in [-0.1, -0.05) is 35.3 Å². The van der Waals surface area contributed by atoms with Gasteiger partial charge in [-0.25, -0.2) is 0 Å². The van der Waals surface area contributed by atoms with Crippen LogP contribution in [0.1, 0.15) is 17.3 Å². The van der Waals surface area contributed by atoms with Crippen LogP contribution in [0, 0.1) is 0 Å². The first-order valence-corrected chi connectivity index (χ1v) is 10.8. The molecule has 33 heavy (non-hydrogen) atoms. The van der Waals surface area contributed by atoms with Gasteiger partial charge in [0.25, 0.3) is 11.8 Å². The van der Waals surface area contributed by atoms with Gasteiger partial charge in [0.05, 0.1) is 16.4 Å². The van der Waals surface area contributed by atoms with Crippen molar-refractivity contribution in [3.8, 4) is 5.75 Å². The largest absolute Gasteiger partial charge is 0.479 e. The Balaban J connectivity index is 1.42. The highest BCUT2D eigenvalue weighted by Gasteiger charge is 2.27. The summed E-state index contributed by atoms with van der Waals surface area (Å²) in [6, 6.07) is 18.3. The van der Waals surface area contributed by atoms with Gasteiger partial charge in [0.15, 0.2) is 6.10 Å². The number of benzene rings is 3. The van der Waals surface area contributed by atoms with E-state index in [2.05, 4.69) is 10.6 Å². The van der Waals surface area contributed by atoms with Crippen LogP contribution in [0.3, 0.4) is 0 Å². The Hall–Kier alpha value is -3.55. The zero-order chi connectivity index (χ0) is 23.5. The second-order valence-corrected chi connectivity index (χ2v) is 8.20. The van der Waals surface area contributed by atoms with Crippen LogP contribution in [0.15, 0.2) is 66.7 Å². The van der Waals surface area contributed by atoms with Crippen LogP contribution in [0.25, 0.3) is 0 Å². The number of amides is 3. The summed E-state index contributed by atoms with van der Waals surface area (Å²) in [5.41, 5.74) is 2.09. The number of halogens is 2. The van der Waals surface area contributed by atoms with E-state index >= 15 is 0 Å². The SMILES string of the molecule is CC(Oc1ccc(Cl)cc1Cl)C(=O)Nc1ccc(C(=O)N2CC(=O)Nc3ccccc32)cc1. The molecule has 4 rings (SSSR count). The molecule has 0 aliphatic carbocycles. The van der Waals surface area contributed by atoms with E-state index in [1.807, 2.05) is 0 Å². The summed E-state index contributed by atoms with van der Waals surface area (Å²) in [7, 11) is 0. The van der Waals surface area contributed by atoms with Crippen molar-refractivity contribution < 1.29 is 19.1 Å². The van der Waals surface area contributed by atoms with E-state index in [1.54, 1.807) is 67.6 Å². The Kier molecular flexibility index (Phi) is 6.53. The van der Waals surface area contributed by atoms with Gasteiger partial charge in [0.1, 0.15) is 12.3 Å². The number of ether oxygens (including phenoxy) is 1. The molecule has 3 amide bonds. The number of rotatable bonds is 5. The molecule has 3 aromatic carbocycles. The molecule has 0 bridgehead atoms. The first-order chi connectivity index (χ1) is 15.8. The van der Waals surface area contributed by atoms with Crippen LogP contribution in [0.2, 0.25) is 10.0 Å². The van der Waals surface area contributed by atoms with Crippen LogP contribution in [0.4, 0.5) is 17.1 Å². The van der Waals surface area contributed by atoms with Gasteiger partial charge in [0.2, 0.25) is 5.91 Å². The van der Waals surface area contributed by atoms with E-state index in [1.165, 1.54) is 11.0 Å². The molecule has 2 N–H and O–H groups in total. The summed E-state index contributed by atoms with van der Waals surface area (Å²) < 4.78 is 5.62. The number of fused-ring (bicyclic) bond motifs is 1. The lowest BCUT2D eigenvalue weighted by Gasteiger charge is -2.29. The molecule has 7 nitrogen and oxygen atoms in total. The molecule has 0 saturated heterocycles. The van der Waals surface area contributed by atoms with Crippen molar-refractivity contribution in [1.82, 2.24) is 0 Å². The number of carbonyl (C=O) groups excluding carboxylic acids is 3. The third-order valence-electron chi connectivity index (χ3n) is 4.98. The molecule has 0 aromatic heterocycles. The minimum atomic E-state index is -0.826. The highest BCUT2D eigenvalue weighted by atomic mass is 35.5. The van der Waals surface area contributed by atoms with Gasteiger partial charge in [-0.15, -0.1) is 0 Å². The van der Waals surface area contributed by atoms with Crippen molar-refractivity contribution in [2.24, 2.45) is 0 Å². The third-order valence-corrected chi connectivity index (χ3v) is 5.51. The number of carbonyl (C=O) groups is 3. The first kappa shape index (κ1) is 22.6. The Morgan fingerprint density at radius 3 is 2.52 bits per heavy atom. The van der Waals surface area contributed by atoms with Crippen LogP contribution in [-0.2, 0) is 9.59 Å². The average molecular weight is 484 g/mol. The lowest BCUT2D eigenvalue weighted by molar-refractivity contribution is -0.122. The van der Waals surface area contributed by atoms with Crippen LogP contribution in [0.5, 0.6) is 5.75 Å². The van der Waals surface area contributed by atoms with Crippen molar-refractivity contribution in [2.75, 3.05) is 22.1 Å². The number of anilines is 3. The lowest BCUT2D eigenvalue weighted by Crippen LogP contribution is -2.42. The van der Waals surface area contributed by atoms with E-state index < -0.39 is 6.10 Å². The van der Waals surface area contributed by atoms with Gasteiger partial charge < -0.3 is 15.4 Å². The normalized spacial score (nSPS) is 13.5. The van der Waals surface area contributed by atoms with Gasteiger partial charge in [-0.2, -0.15) is 0 Å². The fourth-order valence-corrected chi connectivity index (χ4v) is 3.78. The molecule has 168 valence electrons. The molecule has 1 aliphatic heterocycles. The summed E-state index contributed by atoms with van der Waals surface area (Å²) in [4.78, 5) is 39.0. The fourth-order valence-electron chi connectivity index (χ4n) is 3.33. The molecule has 1 heterocycles. The molecular weight excluding hydrogens is 465 g/mol. The second kappa shape index (κ2) is 9.52. The van der Waals surface area contributed by atoms with E-state index in [9.17, 15) is 14.4 Å². The summed E-state index contributed by atoms with van der Waals surface area (Å²) in [6.07, 6.45) is -0.826. The van der Waals surface area contributed by atoms with Crippen LogP contribution < -0.4 is 20.3 Å². The van der Waals surface area contributed by atoms with E-state index in [0.717, 1.165) is 0 Å². The summed E-state index contributed by atoms with van der Waals surface area (Å²) in [5, 5.41) is 6.26. The number of hydrogen-bond donors (Lipinski definition) is 2. The van der Waals surface area contributed by atoms with E-state index in [4.69, 9.17) is 27.9 Å². The zero-order valence-corrected chi connectivity index (χ0v) is 19.0. The topological polar surface area (TPSA) is 87.7 Å². The molecule has 9 heteroatoms. The highest BCUT2D eigenvalue weighted by molar-refractivity contribution is 6.35. The number of para-hydroxylation sites is 2. The van der Waals surface area contributed by atoms with Crippen molar-refractivity contribution in [1.29, 1.82) is 0 Å². The summed E-state index contributed by atoms with van der Waals surface area (Å²) in [6.45, 7) is 1.52. The second-order valence-electron chi connectivity index (χ2n) is 7.36. The molecule has 0 fully saturated rings. The van der Waals surface area contributed by atoms with E-state index in [-0.39, 0.29) is 24.3 Å². The van der Waals surface area contributed by atoms with E-state index in [0.29, 0.717) is 38.4 Å². The third kappa shape index (κ3) is 5.10. The predicted octanol–water partition coefficient (Wildman–Crippen LogP) is 5.00. The predicted molar refractivity (Wildman–Crippen MR) is 128 cm³/mol.